The first-order valence-electron chi connectivity index (χ1n) is 8.12. The molecule has 0 saturated carbocycles. The Bertz CT molecular complexity index is 429. The second kappa shape index (κ2) is 8.25. The molecule has 1 aliphatic heterocycles. The van der Waals surface area contributed by atoms with Gasteiger partial charge in [0.05, 0.1) is 6.61 Å². The lowest BCUT2D eigenvalue weighted by Crippen LogP contribution is -2.45. The Balaban J connectivity index is 1.86. The van der Waals surface area contributed by atoms with E-state index in [2.05, 4.69) is 23.6 Å². The standard InChI is InChI=1S/C17H28N2O2/c1-3-7-18-8-10-19(11-9-18)14-15-5-6-16(13-17(15)20)21-12-4-2/h5-6,13,20H,3-4,7-12,14H2,1-2H3. The molecule has 2 rings (SSSR count). The SMILES string of the molecule is CCCOc1ccc(CN2CCN(CCC)CC2)c(O)c1. The van der Waals surface area contributed by atoms with Crippen LogP contribution in [0.25, 0.3) is 0 Å². The van der Waals surface area contributed by atoms with Crippen LogP contribution in [0, 0.1) is 0 Å². The summed E-state index contributed by atoms with van der Waals surface area (Å²) in [4.78, 5) is 4.92. The Kier molecular flexibility index (Phi) is 6.33. The van der Waals surface area contributed by atoms with E-state index in [9.17, 15) is 5.11 Å². The van der Waals surface area contributed by atoms with Crippen molar-refractivity contribution >= 4 is 0 Å². The smallest absolute Gasteiger partial charge is 0.123 e. The van der Waals surface area contributed by atoms with Gasteiger partial charge in [0.15, 0.2) is 0 Å². The van der Waals surface area contributed by atoms with E-state index in [-0.39, 0.29) is 0 Å². The monoisotopic (exact) mass is 292 g/mol. The second-order valence-electron chi connectivity index (χ2n) is 5.76. The van der Waals surface area contributed by atoms with E-state index < -0.39 is 0 Å². The van der Waals surface area contributed by atoms with Gasteiger partial charge < -0.3 is 14.7 Å². The zero-order valence-corrected chi connectivity index (χ0v) is 13.3. The Morgan fingerprint density at radius 1 is 1.05 bits per heavy atom. The molecular formula is C17H28N2O2. The minimum Gasteiger partial charge on any atom is -0.507 e. The lowest BCUT2D eigenvalue weighted by Gasteiger charge is -2.34. The van der Waals surface area contributed by atoms with Gasteiger partial charge in [0.2, 0.25) is 0 Å². The van der Waals surface area contributed by atoms with Crippen molar-refractivity contribution in [2.75, 3.05) is 39.3 Å². The molecule has 1 N–H and O–H groups in total. The van der Waals surface area contributed by atoms with Gasteiger partial charge in [-0.2, -0.15) is 0 Å². The van der Waals surface area contributed by atoms with Crippen molar-refractivity contribution in [3.05, 3.63) is 23.8 Å². The lowest BCUT2D eigenvalue weighted by atomic mass is 10.1. The molecule has 0 radical (unpaired) electrons. The number of rotatable bonds is 7. The molecule has 1 heterocycles. The minimum absolute atomic E-state index is 0.347. The van der Waals surface area contributed by atoms with Crippen LogP contribution < -0.4 is 4.74 Å². The third kappa shape index (κ3) is 4.90. The minimum atomic E-state index is 0.347. The van der Waals surface area contributed by atoms with Crippen molar-refractivity contribution in [3.63, 3.8) is 0 Å². The van der Waals surface area contributed by atoms with Crippen molar-refractivity contribution in [1.82, 2.24) is 9.80 Å². The number of phenols is 1. The predicted molar refractivity (Wildman–Crippen MR) is 85.9 cm³/mol. The van der Waals surface area contributed by atoms with Crippen LogP contribution in [0.3, 0.4) is 0 Å². The van der Waals surface area contributed by atoms with Crippen LogP contribution in [-0.4, -0.2) is 54.2 Å². The summed E-state index contributed by atoms with van der Waals surface area (Å²) in [6.45, 7) is 11.4. The van der Waals surface area contributed by atoms with Gasteiger partial charge in [-0.05, 0) is 25.5 Å². The van der Waals surface area contributed by atoms with E-state index in [1.165, 1.54) is 13.0 Å². The highest BCUT2D eigenvalue weighted by atomic mass is 16.5. The summed E-state index contributed by atoms with van der Waals surface area (Å²) in [5.74, 6) is 1.10. The summed E-state index contributed by atoms with van der Waals surface area (Å²) >= 11 is 0. The maximum absolute atomic E-state index is 10.1. The normalized spacial score (nSPS) is 17.0. The molecule has 4 heteroatoms. The summed E-state index contributed by atoms with van der Waals surface area (Å²) < 4.78 is 5.54. The molecule has 1 saturated heterocycles. The van der Waals surface area contributed by atoms with Crippen molar-refractivity contribution < 1.29 is 9.84 Å². The highest BCUT2D eigenvalue weighted by molar-refractivity contribution is 5.39. The zero-order chi connectivity index (χ0) is 15.1. The van der Waals surface area contributed by atoms with Gasteiger partial charge in [0, 0.05) is 44.4 Å². The van der Waals surface area contributed by atoms with Crippen LogP contribution in [0.1, 0.15) is 32.3 Å². The van der Waals surface area contributed by atoms with E-state index >= 15 is 0 Å². The van der Waals surface area contributed by atoms with Gasteiger partial charge in [-0.3, -0.25) is 4.90 Å². The first kappa shape index (κ1) is 16.1. The molecular weight excluding hydrogens is 264 g/mol. The summed E-state index contributed by atoms with van der Waals surface area (Å²) in [7, 11) is 0. The molecule has 1 aromatic rings. The van der Waals surface area contributed by atoms with Crippen molar-refractivity contribution in [3.8, 4) is 11.5 Å². The van der Waals surface area contributed by atoms with Crippen LogP contribution in [0.5, 0.6) is 11.5 Å². The number of aromatic hydroxyl groups is 1. The first-order chi connectivity index (χ1) is 10.2. The Labute approximate surface area is 128 Å². The third-order valence-electron chi connectivity index (χ3n) is 3.93. The maximum Gasteiger partial charge on any atom is 0.123 e. The third-order valence-corrected chi connectivity index (χ3v) is 3.93. The largest absolute Gasteiger partial charge is 0.507 e. The van der Waals surface area contributed by atoms with Gasteiger partial charge in [-0.15, -0.1) is 0 Å². The van der Waals surface area contributed by atoms with Crippen LogP contribution in [0.15, 0.2) is 18.2 Å². The summed E-state index contributed by atoms with van der Waals surface area (Å²) in [5, 5.41) is 10.1. The molecule has 0 amide bonds. The Hall–Kier alpha value is -1.26. The maximum atomic E-state index is 10.1. The van der Waals surface area contributed by atoms with Gasteiger partial charge in [0.1, 0.15) is 11.5 Å². The van der Waals surface area contributed by atoms with E-state index in [4.69, 9.17) is 4.74 Å². The van der Waals surface area contributed by atoms with Crippen LogP contribution in [0.4, 0.5) is 0 Å². The molecule has 21 heavy (non-hydrogen) atoms. The predicted octanol–water partition coefficient (Wildman–Crippen LogP) is 2.71. The Morgan fingerprint density at radius 2 is 1.76 bits per heavy atom. The quantitative estimate of drug-likeness (QED) is 0.838. The molecule has 4 nitrogen and oxygen atoms in total. The van der Waals surface area contributed by atoms with E-state index in [1.807, 2.05) is 12.1 Å². The molecule has 118 valence electrons. The zero-order valence-electron chi connectivity index (χ0n) is 13.3. The molecule has 1 aliphatic rings. The molecule has 0 aliphatic carbocycles. The fraction of sp³-hybridized carbons (Fsp3) is 0.647. The van der Waals surface area contributed by atoms with Crippen LogP contribution >= 0.6 is 0 Å². The summed E-state index contributed by atoms with van der Waals surface area (Å²) in [6.07, 6.45) is 2.20. The number of nitrogens with zero attached hydrogens (tertiary/aromatic N) is 2. The number of benzene rings is 1. The molecule has 1 fully saturated rings. The van der Waals surface area contributed by atoms with E-state index in [0.717, 1.165) is 50.5 Å². The highest BCUT2D eigenvalue weighted by Crippen LogP contribution is 2.25. The number of hydrogen-bond donors (Lipinski definition) is 1. The van der Waals surface area contributed by atoms with E-state index in [1.54, 1.807) is 6.07 Å². The van der Waals surface area contributed by atoms with Crippen LogP contribution in [0.2, 0.25) is 0 Å². The average molecular weight is 292 g/mol. The van der Waals surface area contributed by atoms with Crippen molar-refractivity contribution in [2.24, 2.45) is 0 Å². The average Bonchev–Trinajstić information content (AvgIpc) is 2.50. The highest BCUT2D eigenvalue weighted by Gasteiger charge is 2.17. The molecule has 0 atom stereocenters. The molecule has 0 spiro atoms. The topological polar surface area (TPSA) is 35.9 Å². The number of phenolic OH excluding ortho intramolecular Hbond substituents is 1. The van der Waals surface area contributed by atoms with Crippen LogP contribution in [-0.2, 0) is 6.54 Å². The summed E-state index contributed by atoms with van der Waals surface area (Å²) in [5.41, 5.74) is 0.989. The number of hydrogen-bond acceptors (Lipinski definition) is 4. The first-order valence-corrected chi connectivity index (χ1v) is 8.12. The van der Waals surface area contributed by atoms with Gasteiger partial charge in [-0.25, -0.2) is 0 Å². The fourth-order valence-corrected chi connectivity index (χ4v) is 2.72. The second-order valence-corrected chi connectivity index (χ2v) is 5.76. The van der Waals surface area contributed by atoms with Gasteiger partial charge in [0.25, 0.3) is 0 Å². The van der Waals surface area contributed by atoms with Gasteiger partial charge in [-0.1, -0.05) is 19.9 Å². The van der Waals surface area contributed by atoms with Crippen molar-refractivity contribution in [2.45, 2.75) is 33.2 Å². The number of ether oxygens (including phenoxy) is 1. The van der Waals surface area contributed by atoms with E-state index in [0.29, 0.717) is 12.4 Å². The number of piperazine rings is 1. The fourth-order valence-electron chi connectivity index (χ4n) is 2.72. The van der Waals surface area contributed by atoms with Crippen molar-refractivity contribution in [1.29, 1.82) is 0 Å². The summed E-state index contributed by atoms with van der Waals surface area (Å²) in [6, 6.07) is 5.68. The molecule has 0 aromatic heterocycles. The molecule has 0 unspecified atom stereocenters. The molecule has 0 bridgehead atoms. The Morgan fingerprint density at radius 3 is 2.38 bits per heavy atom. The van der Waals surface area contributed by atoms with Gasteiger partial charge >= 0.3 is 0 Å². The molecule has 1 aromatic carbocycles. The lowest BCUT2D eigenvalue weighted by molar-refractivity contribution is 0.126.